The first-order chi connectivity index (χ1) is 16.4. The molecule has 10 heteroatoms. The molecule has 0 fully saturated rings. The van der Waals surface area contributed by atoms with Crippen LogP contribution in [0, 0.1) is 11.6 Å². The number of carbonyl (C=O) groups excluding carboxylic acids is 2. The average Bonchev–Trinajstić information content (AvgIpc) is 3.27. The number of nitrogens with one attached hydrogen (secondary N) is 1. The fourth-order valence-electron chi connectivity index (χ4n) is 3.42. The molecule has 34 heavy (non-hydrogen) atoms. The highest BCUT2D eigenvalue weighted by atomic mass is 19.1. The molecule has 0 saturated carbocycles. The molecule has 1 N–H and O–H groups in total. The first kappa shape index (κ1) is 22.8. The molecule has 2 aromatic heterocycles. The Bertz CT molecular complexity index is 1390. The molecular weight excluding hydrogens is 446 g/mol. The Labute approximate surface area is 193 Å². The molecule has 0 unspecified atom stereocenters. The van der Waals surface area contributed by atoms with E-state index in [1.165, 1.54) is 32.7 Å². The molecule has 0 radical (unpaired) electrons. The van der Waals surface area contributed by atoms with Gasteiger partial charge in [-0.05, 0) is 18.2 Å². The number of methoxy groups -OCH3 is 2. The largest absolute Gasteiger partial charge is 0.494 e. The third-order valence-electron chi connectivity index (χ3n) is 5.17. The van der Waals surface area contributed by atoms with Crippen LogP contribution in [0.5, 0.6) is 11.5 Å². The highest BCUT2D eigenvalue weighted by Gasteiger charge is 2.27. The number of nitrogens with zero attached hydrogens (tertiary/aromatic N) is 3. The van der Waals surface area contributed by atoms with Crippen LogP contribution in [-0.4, -0.2) is 40.6 Å². The second kappa shape index (κ2) is 9.26. The standard InChI is InChI=1S/C24H20F2N4O4/c1-4-19(31)28-14-7-5-6-13(10-14)23-27-12-16-15(29-23)8-9-30(16)24(32)20-21(25)17(33-2)11-18(34-3)22(20)26/h5-12H,4H2,1-3H3,(H,28,31). The highest BCUT2D eigenvalue weighted by Crippen LogP contribution is 2.32. The van der Waals surface area contributed by atoms with Crippen LogP contribution in [0.25, 0.3) is 22.4 Å². The van der Waals surface area contributed by atoms with Crippen molar-refractivity contribution in [3.8, 4) is 22.9 Å². The summed E-state index contributed by atoms with van der Waals surface area (Å²) in [4.78, 5) is 33.5. The Hall–Kier alpha value is -4.34. The van der Waals surface area contributed by atoms with Crippen LogP contribution in [0.1, 0.15) is 23.7 Å². The second-order valence-electron chi connectivity index (χ2n) is 7.22. The Balaban J connectivity index is 1.74. The van der Waals surface area contributed by atoms with Crippen molar-refractivity contribution in [2.75, 3.05) is 19.5 Å². The first-order valence-electron chi connectivity index (χ1n) is 10.3. The molecule has 1 amide bonds. The van der Waals surface area contributed by atoms with Crippen molar-refractivity contribution >= 4 is 28.5 Å². The van der Waals surface area contributed by atoms with Gasteiger partial charge >= 0.3 is 0 Å². The summed E-state index contributed by atoms with van der Waals surface area (Å²) in [6, 6.07) is 9.57. The lowest BCUT2D eigenvalue weighted by Crippen LogP contribution is -2.16. The molecule has 0 bridgehead atoms. The van der Waals surface area contributed by atoms with Crippen molar-refractivity contribution in [1.29, 1.82) is 0 Å². The minimum atomic E-state index is -1.14. The van der Waals surface area contributed by atoms with Gasteiger partial charge in [0.15, 0.2) is 29.0 Å². The van der Waals surface area contributed by atoms with Gasteiger partial charge in [0.2, 0.25) is 5.91 Å². The number of halogens is 2. The third-order valence-corrected chi connectivity index (χ3v) is 5.17. The topological polar surface area (TPSA) is 95.3 Å². The molecule has 4 rings (SSSR count). The Morgan fingerprint density at radius 1 is 1.06 bits per heavy atom. The van der Waals surface area contributed by atoms with Crippen LogP contribution in [0.15, 0.2) is 48.8 Å². The summed E-state index contributed by atoms with van der Waals surface area (Å²) in [5.41, 5.74) is 1.06. The van der Waals surface area contributed by atoms with Gasteiger partial charge in [0.25, 0.3) is 5.91 Å². The summed E-state index contributed by atoms with van der Waals surface area (Å²) in [7, 11) is 2.40. The van der Waals surface area contributed by atoms with Crippen molar-refractivity contribution in [1.82, 2.24) is 14.5 Å². The zero-order valence-corrected chi connectivity index (χ0v) is 18.6. The van der Waals surface area contributed by atoms with Gasteiger partial charge in [-0.3, -0.25) is 14.2 Å². The van der Waals surface area contributed by atoms with E-state index in [0.29, 0.717) is 29.0 Å². The van der Waals surface area contributed by atoms with E-state index in [4.69, 9.17) is 9.47 Å². The fraction of sp³-hybridized carbons (Fsp3) is 0.167. The molecule has 0 atom stereocenters. The maximum Gasteiger partial charge on any atom is 0.268 e. The summed E-state index contributed by atoms with van der Waals surface area (Å²) in [6.07, 6.45) is 3.09. The zero-order valence-electron chi connectivity index (χ0n) is 18.6. The summed E-state index contributed by atoms with van der Waals surface area (Å²) in [5, 5.41) is 2.77. The van der Waals surface area contributed by atoms with Crippen LogP contribution in [-0.2, 0) is 4.79 Å². The quantitative estimate of drug-likeness (QED) is 0.452. The predicted molar refractivity (Wildman–Crippen MR) is 121 cm³/mol. The van der Waals surface area contributed by atoms with Crippen LogP contribution < -0.4 is 14.8 Å². The van der Waals surface area contributed by atoms with E-state index in [1.807, 2.05) is 0 Å². The Kier molecular flexibility index (Phi) is 6.22. The minimum Gasteiger partial charge on any atom is -0.494 e. The van der Waals surface area contributed by atoms with Crippen molar-refractivity contribution in [3.05, 3.63) is 66.0 Å². The lowest BCUT2D eigenvalue weighted by molar-refractivity contribution is -0.115. The van der Waals surface area contributed by atoms with Gasteiger partial charge in [0, 0.05) is 29.9 Å². The molecule has 2 aromatic carbocycles. The number of carbonyl (C=O) groups is 2. The van der Waals surface area contributed by atoms with E-state index in [9.17, 15) is 18.4 Å². The number of ether oxygens (including phenoxy) is 2. The highest BCUT2D eigenvalue weighted by molar-refractivity contribution is 6.02. The van der Waals surface area contributed by atoms with Gasteiger partial charge in [-0.2, -0.15) is 0 Å². The normalized spacial score (nSPS) is 10.9. The number of fused-ring (bicyclic) bond motifs is 1. The van der Waals surface area contributed by atoms with Gasteiger partial charge < -0.3 is 14.8 Å². The Morgan fingerprint density at radius 3 is 2.41 bits per heavy atom. The maximum absolute atomic E-state index is 14.8. The number of amides is 1. The van der Waals surface area contributed by atoms with Gasteiger partial charge in [-0.25, -0.2) is 18.7 Å². The SMILES string of the molecule is CCC(=O)Nc1cccc(-c2ncc3c(ccn3C(=O)c3c(F)c(OC)cc(OC)c3F)n2)c1. The van der Waals surface area contributed by atoms with Gasteiger partial charge in [-0.15, -0.1) is 0 Å². The molecule has 2 heterocycles. The Morgan fingerprint density at radius 2 is 1.76 bits per heavy atom. The number of hydrogen-bond donors (Lipinski definition) is 1. The molecule has 8 nitrogen and oxygen atoms in total. The van der Waals surface area contributed by atoms with E-state index >= 15 is 0 Å². The summed E-state index contributed by atoms with van der Waals surface area (Å²) in [6.45, 7) is 1.75. The molecule has 0 aliphatic rings. The van der Waals surface area contributed by atoms with Crippen LogP contribution in [0.2, 0.25) is 0 Å². The smallest absolute Gasteiger partial charge is 0.268 e. The monoisotopic (exact) mass is 466 g/mol. The molecule has 4 aromatic rings. The third kappa shape index (κ3) is 4.05. The molecule has 0 aliphatic carbocycles. The zero-order chi connectivity index (χ0) is 24.4. The molecule has 0 saturated heterocycles. The van der Waals surface area contributed by atoms with E-state index in [0.717, 1.165) is 10.6 Å². The molecular formula is C24H20F2N4O4. The predicted octanol–water partition coefficient (Wildman–Crippen LogP) is 4.43. The molecule has 174 valence electrons. The average molecular weight is 466 g/mol. The van der Waals surface area contributed by atoms with Crippen molar-refractivity contribution < 1.29 is 27.8 Å². The van der Waals surface area contributed by atoms with Crippen LogP contribution in [0.3, 0.4) is 0 Å². The minimum absolute atomic E-state index is 0.127. The molecule has 0 spiro atoms. The molecule has 0 aliphatic heterocycles. The van der Waals surface area contributed by atoms with Gasteiger partial charge in [0.1, 0.15) is 5.56 Å². The number of benzene rings is 2. The summed E-state index contributed by atoms with van der Waals surface area (Å²) < 4.78 is 40.5. The van der Waals surface area contributed by atoms with Crippen LogP contribution in [0.4, 0.5) is 14.5 Å². The maximum atomic E-state index is 14.8. The van der Waals surface area contributed by atoms with Crippen LogP contribution >= 0.6 is 0 Å². The number of rotatable bonds is 6. The lowest BCUT2D eigenvalue weighted by atomic mass is 10.1. The van der Waals surface area contributed by atoms with E-state index in [1.54, 1.807) is 31.2 Å². The van der Waals surface area contributed by atoms with E-state index < -0.39 is 23.1 Å². The van der Waals surface area contributed by atoms with E-state index in [-0.39, 0.29) is 22.9 Å². The van der Waals surface area contributed by atoms with Crippen molar-refractivity contribution in [3.63, 3.8) is 0 Å². The first-order valence-corrected chi connectivity index (χ1v) is 10.3. The van der Waals surface area contributed by atoms with Crippen molar-refractivity contribution in [2.45, 2.75) is 13.3 Å². The number of hydrogen-bond acceptors (Lipinski definition) is 6. The summed E-state index contributed by atoms with van der Waals surface area (Å²) in [5.74, 6) is -3.68. The number of anilines is 1. The lowest BCUT2D eigenvalue weighted by Gasteiger charge is -2.12. The fourth-order valence-corrected chi connectivity index (χ4v) is 3.42. The second-order valence-corrected chi connectivity index (χ2v) is 7.22. The van der Waals surface area contributed by atoms with Crippen molar-refractivity contribution in [2.24, 2.45) is 0 Å². The van der Waals surface area contributed by atoms with E-state index in [2.05, 4.69) is 15.3 Å². The van der Waals surface area contributed by atoms with Gasteiger partial charge in [0.05, 0.1) is 31.4 Å². The summed E-state index contributed by atoms with van der Waals surface area (Å²) >= 11 is 0. The van der Waals surface area contributed by atoms with Gasteiger partial charge in [-0.1, -0.05) is 19.1 Å². The number of aromatic nitrogens is 3.